The summed E-state index contributed by atoms with van der Waals surface area (Å²) < 4.78 is 49.6. The molecule has 0 spiro atoms. The molecule has 2 heterocycles. The minimum absolute atomic E-state index is 0.0545. The molecule has 0 aliphatic carbocycles. The molecule has 1 amide bonds. The fraction of sp³-hybridized carbons (Fsp3) is 0.562. The van der Waals surface area contributed by atoms with Crippen molar-refractivity contribution < 1.29 is 27.3 Å². The summed E-state index contributed by atoms with van der Waals surface area (Å²) >= 11 is 0. The van der Waals surface area contributed by atoms with E-state index in [4.69, 9.17) is 9.31 Å². The van der Waals surface area contributed by atoms with Gasteiger partial charge in [-0.05, 0) is 44.8 Å². The van der Waals surface area contributed by atoms with Gasteiger partial charge in [-0.25, -0.2) is 0 Å². The van der Waals surface area contributed by atoms with Crippen LogP contribution in [0.1, 0.15) is 43.6 Å². The molecule has 0 atom stereocenters. The van der Waals surface area contributed by atoms with Crippen LogP contribution < -0.4 is 5.46 Å². The third-order valence-corrected chi connectivity index (χ3v) is 4.90. The Morgan fingerprint density at radius 2 is 1.75 bits per heavy atom. The topological polar surface area (TPSA) is 38.8 Å². The average Bonchev–Trinajstić information content (AvgIpc) is 2.82. The lowest BCUT2D eigenvalue weighted by Crippen LogP contribution is -2.41. The van der Waals surface area contributed by atoms with Gasteiger partial charge in [-0.2, -0.15) is 13.2 Å². The molecule has 2 aliphatic heterocycles. The molecule has 3 rings (SSSR count). The highest BCUT2D eigenvalue weighted by atomic mass is 19.4. The summed E-state index contributed by atoms with van der Waals surface area (Å²) in [5.41, 5.74) is 0.564. The molecule has 1 aromatic rings. The van der Waals surface area contributed by atoms with Gasteiger partial charge in [0.05, 0.1) is 11.2 Å². The summed E-state index contributed by atoms with van der Waals surface area (Å²) in [7, 11) is -0.605. The first-order valence-corrected chi connectivity index (χ1v) is 7.74. The lowest BCUT2D eigenvalue weighted by atomic mass is 9.78. The van der Waals surface area contributed by atoms with Crippen molar-refractivity contribution in [1.29, 1.82) is 0 Å². The van der Waals surface area contributed by atoms with Crippen molar-refractivity contribution in [2.24, 2.45) is 0 Å². The molecule has 2 aliphatic rings. The van der Waals surface area contributed by atoms with Gasteiger partial charge in [0.2, 0.25) is 0 Å². The summed E-state index contributed by atoms with van der Waals surface area (Å²) in [5.74, 6) is -0.595. The van der Waals surface area contributed by atoms with Gasteiger partial charge >= 0.3 is 13.3 Å². The van der Waals surface area contributed by atoms with Crippen molar-refractivity contribution >= 4 is 18.5 Å². The number of hydrogen-bond donors (Lipinski definition) is 0. The van der Waals surface area contributed by atoms with Gasteiger partial charge in [0.25, 0.3) is 5.91 Å². The fourth-order valence-electron chi connectivity index (χ4n) is 2.87. The van der Waals surface area contributed by atoms with Crippen LogP contribution in [0.25, 0.3) is 0 Å². The highest BCUT2D eigenvalue weighted by molar-refractivity contribution is 6.62. The first-order valence-electron chi connectivity index (χ1n) is 7.74. The minimum Gasteiger partial charge on any atom is -0.399 e. The molecule has 0 bridgehead atoms. The number of amides is 1. The number of carbonyl (C=O) groups excluding carboxylic acids is 1. The zero-order chi connectivity index (χ0) is 17.9. The van der Waals surface area contributed by atoms with E-state index >= 15 is 0 Å². The van der Waals surface area contributed by atoms with Gasteiger partial charge in [0, 0.05) is 12.1 Å². The monoisotopic (exact) mass is 341 g/mol. The molecule has 8 heteroatoms. The number of carbonyl (C=O) groups is 1. The molecule has 4 nitrogen and oxygen atoms in total. The number of benzene rings is 1. The molecule has 1 saturated heterocycles. The maximum atomic E-state index is 12.6. The molecule has 24 heavy (non-hydrogen) atoms. The largest absolute Gasteiger partial charge is 0.494 e. The van der Waals surface area contributed by atoms with Gasteiger partial charge in [-0.1, -0.05) is 12.1 Å². The van der Waals surface area contributed by atoms with E-state index in [1.807, 2.05) is 27.7 Å². The van der Waals surface area contributed by atoms with Crippen molar-refractivity contribution in [2.75, 3.05) is 6.54 Å². The molecule has 130 valence electrons. The van der Waals surface area contributed by atoms with E-state index in [0.29, 0.717) is 16.6 Å². The predicted octanol–water partition coefficient (Wildman–Crippen LogP) is 2.50. The van der Waals surface area contributed by atoms with Crippen molar-refractivity contribution in [3.8, 4) is 0 Å². The van der Waals surface area contributed by atoms with Gasteiger partial charge < -0.3 is 14.2 Å². The van der Waals surface area contributed by atoms with E-state index in [1.165, 1.54) is 0 Å². The predicted molar refractivity (Wildman–Crippen MR) is 83.0 cm³/mol. The standard InChI is InChI=1S/C16H19BF3NO3/c1-14(2)15(3,4)24-17(23-14)11-5-6-12-10(7-11)8-21(13(12)22)9-16(18,19)20/h5-7H,8-9H2,1-4H3. The van der Waals surface area contributed by atoms with Crippen LogP contribution in [0.2, 0.25) is 0 Å². The van der Waals surface area contributed by atoms with Crippen LogP contribution in [0.5, 0.6) is 0 Å². The van der Waals surface area contributed by atoms with Gasteiger partial charge in [0.1, 0.15) is 6.54 Å². The molecule has 0 N–H and O–H groups in total. The molecule has 1 fully saturated rings. The third kappa shape index (κ3) is 2.93. The highest BCUT2D eigenvalue weighted by Gasteiger charge is 2.52. The summed E-state index contributed by atoms with van der Waals surface area (Å²) in [5, 5.41) is 0. The van der Waals surface area contributed by atoms with E-state index in [9.17, 15) is 18.0 Å². The van der Waals surface area contributed by atoms with E-state index in [2.05, 4.69) is 0 Å². The normalized spacial score (nSPS) is 22.2. The number of rotatable bonds is 2. The Hall–Kier alpha value is -1.54. The molecular weight excluding hydrogens is 322 g/mol. The van der Waals surface area contributed by atoms with E-state index < -0.39 is 36.9 Å². The summed E-state index contributed by atoms with van der Waals surface area (Å²) in [6, 6.07) is 4.93. The van der Waals surface area contributed by atoms with Crippen molar-refractivity contribution in [2.45, 2.75) is 51.6 Å². The minimum atomic E-state index is -4.41. The van der Waals surface area contributed by atoms with Crippen LogP contribution >= 0.6 is 0 Å². The third-order valence-electron chi connectivity index (χ3n) is 4.90. The first kappa shape index (κ1) is 17.3. The Morgan fingerprint density at radius 1 is 1.17 bits per heavy atom. The molecule has 0 radical (unpaired) electrons. The quantitative estimate of drug-likeness (QED) is 0.776. The van der Waals surface area contributed by atoms with Crippen LogP contribution in [0.15, 0.2) is 18.2 Å². The number of fused-ring (bicyclic) bond motifs is 1. The Labute approximate surface area is 139 Å². The van der Waals surface area contributed by atoms with Crippen molar-refractivity contribution in [3.63, 3.8) is 0 Å². The Bertz CT molecular complexity index is 672. The van der Waals surface area contributed by atoms with E-state index in [0.717, 1.165) is 4.90 Å². The molecule has 1 aromatic carbocycles. The molecular formula is C16H19BF3NO3. The lowest BCUT2D eigenvalue weighted by molar-refractivity contribution is -0.140. The Morgan fingerprint density at radius 3 is 2.29 bits per heavy atom. The number of alkyl halides is 3. The summed E-state index contributed by atoms with van der Waals surface area (Å²) in [6.07, 6.45) is -4.41. The smallest absolute Gasteiger partial charge is 0.399 e. The number of hydrogen-bond acceptors (Lipinski definition) is 3. The van der Waals surface area contributed by atoms with Crippen molar-refractivity contribution in [3.05, 3.63) is 29.3 Å². The SMILES string of the molecule is CC1(C)OB(c2ccc3c(c2)CN(CC(F)(F)F)C3=O)OC1(C)C. The van der Waals surface area contributed by atoms with Crippen LogP contribution in [-0.4, -0.2) is 41.8 Å². The average molecular weight is 341 g/mol. The molecule has 0 unspecified atom stereocenters. The molecule has 0 saturated carbocycles. The summed E-state index contributed by atoms with van der Waals surface area (Å²) in [4.78, 5) is 12.9. The summed E-state index contributed by atoms with van der Waals surface area (Å²) in [6.45, 7) is 6.40. The Balaban J connectivity index is 1.83. The number of halogens is 3. The van der Waals surface area contributed by atoms with Gasteiger partial charge in [0.15, 0.2) is 0 Å². The van der Waals surface area contributed by atoms with E-state index in [1.54, 1.807) is 18.2 Å². The number of nitrogens with zero attached hydrogens (tertiary/aromatic N) is 1. The maximum absolute atomic E-state index is 12.6. The van der Waals surface area contributed by atoms with E-state index in [-0.39, 0.29) is 6.54 Å². The first-order chi connectivity index (χ1) is 10.9. The second-order valence-corrected chi connectivity index (χ2v) is 7.28. The van der Waals surface area contributed by atoms with Crippen molar-refractivity contribution in [1.82, 2.24) is 4.90 Å². The second kappa shape index (κ2) is 5.23. The van der Waals surface area contributed by atoms with Gasteiger partial charge in [-0.3, -0.25) is 4.79 Å². The lowest BCUT2D eigenvalue weighted by Gasteiger charge is -2.32. The second-order valence-electron chi connectivity index (χ2n) is 7.28. The maximum Gasteiger partial charge on any atom is 0.494 e. The zero-order valence-electron chi connectivity index (χ0n) is 14.0. The van der Waals surface area contributed by atoms with Crippen LogP contribution in [0.3, 0.4) is 0 Å². The Kier molecular flexibility index (Phi) is 3.77. The van der Waals surface area contributed by atoms with Crippen LogP contribution in [0, 0.1) is 0 Å². The van der Waals surface area contributed by atoms with Crippen LogP contribution in [-0.2, 0) is 15.9 Å². The fourth-order valence-corrected chi connectivity index (χ4v) is 2.87. The highest BCUT2D eigenvalue weighted by Crippen LogP contribution is 2.37. The molecule has 0 aromatic heterocycles. The van der Waals surface area contributed by atoms with Crippen LogP contribution in [0.4, 0.5) is 13.2 Å². The van der Waals surface area contributed by atoms with Gasteiger partial charge in [-0.15, -0.1) is 0 Å². The zero-order valence-corrected chi connectivity index (χ0v) is 14.0.